The number of imide groups is 2. The van der Waals surface area contributed by atoms with Crippen molar-refractivity contribution in [1.29, 1.82) is 0 Å². The number of rotatable bonds is 7. The first-order valence-electron chi connectivity index (χ1n) is 9.43. The predicted molar refractivity (Wildman–Crippen MR) is 116 cm³/mol. The third-order valence-electron chi connectivity index (χ3n) is 4.41. The Kier molecular flexibility index (Phi) is 6.74. The molecule has 0 aromatic heterocycles. The van der Waals surface area contributed by atoms with Gasteiger partial charge in [-0.1, -0.05) is 24.6 Å². The van der Waals surface area contributed by atoms with Crippen LogP contribution < -0.4 is 19.7 Å². The average molecular weight is 460 g/mol. The summed E-state index contributed by atoms with van der Waals surface area (Å²) in [6.07, 6.45) is 1.99. The van der Waals surface area contributed by atoms with Gasteiger partial charge in [0.1, 0.15) is 5.57 Å². The summed E-state index contributed by atoms with van der Waals surface area (Å²) in [6, 6.07) is 6.94. The molecule has 4 amide bonds. The lowest BCUT2D eigenvalue weighted by Crippen LogP contribution is -2.54. The van der Waals surface area contributed by atoms with Crippen molar-refractivity contribution >= 4 is 46.9 Å². The number of nitro benzene ring substituents is 1. The summed E-state index contributed by atoms with van der Waals surface area (Å²) in [7, 11) is 1.42. The molecular formula is C21H18ClN3O7. The molecule has 166 valence electrons. The number of nitrogens with zero attached hydrogens (tertiary/aromatic N) is 2. The van der Waals surface area contributed by atoms with Crippen molar-refractivity contribution in [2.24, 2.45) is 0 Å². The van der Waals surface area contributed by atoms with Crippen LogP contribution >= 0.6 is 11.6 Å². The monoisotopic (exact) mass is 459 g/mol. The van der Waals surface area contributed by atoms with Crippen molar-refractivity contribution in [2.75, 3.05) is 18.6 Å². The number of benzene rings is 2. The van der Waals surface area contributed by atoms with Gasteiger partial charge in [-0.2, -0.15) is 0 Å². The second-order valence-electron chi connectivity index (χ2n) is 6.62. The summed E-state index contributed by atoms with van der Waals surface area (Å²) in [4.78, 5) is 48.7. The van der Waals surface area contributed by atoms with E-state index >= 15 is 0 Å². The van der Waals surface area contributed by atoms with Crippen molar-refractivity contribution < 1.29 is 28.8 Å². The van der Waals surface area contributed by atoms with Crippen LogP contribution in [0.5, 0.6) is 11.5 Å². The number of hydrogen-bond donors (Lipinski definition) is 1. The lowest BCUT2D eigenvalue weighted by Gasteiger charge is -2.26. The van der Waals surface area contributed by atoms with Crippen molar-refractivity contribution in [1.82, 2.24) is 5.32 Å². The maximum Gasteiger partial charge on any atom is 0.335 e. The molecular weight excluding hydrogens is 442 g/mol. The van der Waals surface area contributed by atoms with Gasteiger partial charge in [-0.05, 0) is 36.3 Å². The Morgan fingerprint density at radius 3 is 2.62 bits per heavy atom. The Morgan fingerprint density at radius 1 is 1.22 bits per heavy atom. The number of amides is 4. The Balaban J connectivity index is 2.02. The van der Waals surface area contributed by atoms with E-state index in [1.54, 1.807) is 0 Å². The molecule has 0 atom stereocenters. The van der Waals surface area contributed by atoms with Crippen LogP contribution in [0.25, 0.3) is 6.08 Å². The van der Waals surface area contributed by atoms with Crippen LogP contribution in [-0.2, 0) is 9.59 Å². The summed E-state index contributed by atoms with van der Waals surface area (Å²) >= 11 is 6.29. The van der Waals surface area contributed by atoms with Crippen molar-refractivity contribution in [3.05, 3.63) is 62.7 Å². The number of urea groups is 1. The summed E-state index contributed by atoms with van der Waals surface area (Å²) in [5.41, 5.74) is -0.386. The van der Waals surface area contributed by atoms with Gasteiger partial charge in [-0.25, -0.2) is 9.69 Å². The lowest BCUT2D eigenvalue weighted by molar-refractivity contribution is -0.384. The molecule has 1 saturated heterocycles. The van der Waals surface area contributed by atoms with E-state index in [0.29, 0.717) is 28.6 Å². The van der Waals surface area contributed by atoms with E-state index in [-0.39, 0.29) is 22.0 Å². The molecule has 1 fully saturated rings. The average Bonchev–Trinajstić information content (AvgIpc) is 2.75. The van der Waals surface area contributed by atoms with E-state index in [1.807, 2.05) is 6.92 Å². The lowest BCUT2D eigenvalue weighted by atomic mass is 10.1. The number of carbonyl (C=O) groups excluding carboxylic acids is 3. The molecule has 11 heteroatoms. The molecule has 10 nitrogen and oxygen atoms in total. The number of ether oxygens (including phenoxy) is 2. The van der Waals surface area contributed by atoms with Crippen LogP contribution in [-0.4, -0.2) is 36.5 Å². The number of anilines is 1. The number of hydrogen-bond acceptors (Lipinski definition) is 7. The molecule has 0 unspecified atom stereocenters. The summed E-state index contributed by atoms with van der Waals surface area (Å²) in [6.45, 7) is 2.35. The zero-order valence-electron chi connectivity index (χ0n) is 17.1. The molecule has 3 rings (SSSR count). The molecule has 0 radical (unpaired) electrons. The third-order valence-corrected chi connectivity index (χ3v) is 4.69. The minimum atomic E-state index is -1.02. The Bertz CT molecular complexity index is 1150. The molecule has 1 N–H and O–H groups in total. The summed E-state index contributed by atoms with van der Waals surface area (Å²) < 4.78 is 10.9. The van der Waals surface area contributed by atoms with Crippen LogP contribution in [0.2, 0.25) is 5.02 Å². The molecule has 1 aliphatic heterocycles. The van der Waals surface area contributed by atoms with Crippen LogP contribution in [0, 0.1) is 10.1 Å². The highest BCUT2D eigenvalue weighted by Gasteiger charge is 2.37. The molecule has 1 aliphatic rings. The van der Waals surface area contributed by atoms with Crippen molar-refractivity contribution in [3.63, 3.8) is 0 Å². The smallest absolute Gasteiger partial charge is 0.335 e. The second-order valence-corrected chi connectivity index (χ2v) is 7.02. The number of nitrogens with one attached hydrogen (secondary N) is 1. The molecule has 0 bridgehead atoms. The van der Waals surface area contributed by atoms with Crippen LogP contribution in [0.15, 0.2) is 42.0 Å². The van der Waals surface area contributed by atoms with E-state index in [0.717, 1.165) is 12.5 Å². The number of methoxy groups -OCH3 is 1. The topological polar surface area (TPSA) is 128 Å². The standard InChI is InChI=1S/C21H18ClN3O7/c1-3-7-32-18-16(22)9-12(10-17(18)31-2)8-15-19(26)23-21(28)24(20(15)27)13-5-4-6-14(11-13)25(29)30/h4-6,8-11H,3,7H2,1-2H3,(H,23,26,28)/b15-8+. The first-order chi connectivity index (χ1) is 15.3. The first-order valence-corrected chi connectivity index (χ1v) is 9.80. The largest absolute Gasteiger partial charge is 0.493 e. The normalized spacial score (nSPS) is 15.0. The number of barbiturate groups is 1. The quantitative estimate of drug-likeness (QED) is 0.289. The Labute approximate surface area is 187 Å². The molecule has 2 aromatic carbocycles. The fraction of sp³-hybridized carbons (Fsp3) is 0.190. The second kappa shape index (κ2) is 9.48. The van der Waals surface area contributed by atoms with Crippen LogP contribution in [0.3, 0.4) is 0 Å². The number of non-ortho nitro benzene ring substituents is 1. The fourth-order valence-electron chi connectivity index (χ4n) is 2.97. The van der Waals surface area contributed by atoms with Gasteiger partial charge in [0.05, 0.1) is 29.4 Å². The molecule has 0 saturated carbocycles. The highest BCUT2D eigenvalue weighted by atomic mass is 35.5. The maximum absolute atomic E-state index is 13.0. The van der Waals surface area contributed by atoms with Gasteiger partial charge in [0, 0.05) is 12.1 Å². The van der Waals surface area contributed by atoms with Gasteiger partial charge >= 0.3 is 6.03 Å². The van der Waals surface area contributed by atoms with Gasteiger partial charge in [0.15, 0.2) is 11.5 Å². The van der Waals surface area contributed by atoms with E-state index in [9.17, 15) is 24.5 Å². The van der Waals surface area contributed by atoms with Gasteiger partial charge in [0.2, 0.25) is 0 Å². The van der Waals surface area contributed by atoms with Crippen LogP contribution in [0.1, 0.15) is 18.9 Å². The zero-order valence-corrected chi connectivity index (χ0v) is 17.8. The SMILES string of the molecule is CCCOc1c(Cl)cc(/C=C2\C(=O)NC(=O)N(c3cccc([N+](=O)[O-])c3)C2=O)cc1OC. The minimum absolute atomic E-state index is 0.0565. The van der Waals surface area contributed by atoms with E-state index in [4.69, 9.17) is 21.1 Å². The number of halogens is 1. The molecule has 1 heterocycles. The van der Waals surface area contributed by atoms with Crippen molar-refractivity contribution in [3.8, 4) is 11.5 Å². The molecule has 0 aliphatic carbocycles. The highest BCUT2D eigenvalue weighted by Crippen LogP contribution is 2.37. The van der Waals surface area contributed by atoms with Gasteiger partial charge in [0.25, 0.3) is 17.5 Å². The Hall–Kier alpha value is -3.92. The highest BCUT2D eigenvalue weighted by molar-refractivity contribution is 6.39. The van der Waals surface area contributed by atoms with Gasteiger partial charge in [-0.3, -0.25) is 25.0 Å². The maximum atomic E-state index is 13.0. The molecule has 0 spiro atoms. The Morgan fingerprint density at radius 2 is 1.97 bits per heavy atom. The number of nitro groups is 1. The first kappa shape index (κ1) is 22.8. The predicted octanol–water partition coefficient (Wildman–Crippen LogP) is 3.71. The van der Waals surface area contributed by atoms with Crippen molar-refractivity contribution in [2.45, 2.75) is 13.3 Å². The molecule has 2 aromatic rings. The van der Waals surface area contributed by atoms with Crippen LogP contribution in [0.4, 0.5) is 16.2 Å². The summed E-state index contributed by atoms with van der Waals surface area (Å²) in [5, 5.41) is 13.3. The van der Waals surface area contributed by atoms with Gasteiger partial charge < -0.3 is 9.47 Å². The third kappa shape index (κ3) is 4.54. The van der Waals surface area contributed by atoms with E-state index in [2.05, 4.69) is 5.32 Å². The zero-order chi connectivity index (χ0) is 23.4. The van der Waals surface area contributed by atoms with E-state index in [1.165, 1.54) is 43.5 Å². The number of carbonyl (C=O) groups is 3. The molecule has 32 heavy (non-hydrogen) atoms. The fourth-order valence-corrected chi connectivity index (χ4v) is 3.25. The van der Waals surface area contributed by atoms with E-state index < -0.39 is 22.8 Å². The van der Waals surface area contributed by atoms with Gasteiger partial charge in [-0.15, -0.1) is 0 Å². The minimum Gasteiger partial charge on any atom is -0.493 e. The summed E-state index contributed by atoms with van der Waals surface area (Å²) in [5.74, 6) is -1.23.